The zero-order valence-electron chi connectivity index (χ0n) is 18.2. The SMILES string of the molecule is Cc1cc(C)c(-c2cc(C(=O)N(CCC(=O)N3CCCCC3)C3CC3)no2)c(C)c1. The zero-order valence-corrected chi connectivity index (χ0v) is 18.2. The number of nitrogens with zero attached hydrogens (tertiary/aromatic N) is 3. The molecule has 0 unspecified atom stereocenters. The average Bonchev–Trinajstić information content (AvgIpc) is 3.44. The summed E-state index contributed by atoms with van der Waals surface area (Å²) in [6.45, 7) is 8.29. The first-order valence-corrected chi connectivity index (χ1v) is 11.1. The minimum Gasteiger partial charge on any atom is -0.355 e. The first-order chi connectivity index (χ1) is 14.4. The van der Waals surface area contributed by atoms with Gasteiger partial charge in [0, 0.05) is 43.7 Å². The van der Waals surface area contributed by atoms with E-state index < -0.39 is 0 Å². The maximum atomic E-state index is 13.2. The van der Waals surface area contributed by atoms with Crippen LogP contribution in [0.15, 0.2) is 22.7 Å². The number of aryl methyl sites for hydroxylation is 3. The van der Waals surface area contributed by atoms with E-state index in [-0.39, 0.29) is 17.9 Å². The molecule has 1 aromatic heterocycles. The van der Waals surface area contributed by atoms with Crippen molar-refractivity contribution >= 4 is 11.8 Å². The van der Waals surface area contributed by atoms with E-state index in [2.05, 4.69) is 24.2 Å². The predicted molar refractivity (Wildman–Crippen MR) is 115 cm³/mol. The molecule has 0 atom stereocenters. The summed E-state index contributed by atoms with van der Waals surface area (Å²) in [5, 5.41) is 4.08. The second-order valence-electron chi connectivity index (χ2n) is 8.77. The number of piperidine rings is 1. The fourth-order valence-electron chi connectivity index (χ4n) is 4.56. The molecule has 6 nitrogen and oxygen atoms in total. The number of aromatic nitrogens is 1. The minimum absolute atomic E-state index is 0.138. The van der Waals surface area contributed by atoms with Crippen molar-refractivity contribution in [1.29, 1.82) is 0 Å². The summed E-state index contributed by atoms with van der Waals surface area (Å²) in [6, 6.07) is 6.17. The van der Waals surface area contributed by atoms with Crippen LogP contribution in [-0.4, -0.2) is 52.4 Å². The fraction of sp³-hybridized carbons (Fsp3) is 0.542. The lowest BCUT2D eigenvalue weighted by atomic mass is 9.98. The van der Waals surface area contributed by atoms with Gasteiger partial charge in [-0.3, -0.25) is 9.59 Å². The minimum atomic E-state index is -0.138. The number of hydrogen-bond donors (Lipinski definition) is 0. The third-order valence-electron chi connectivity index (χ3n) is 6.18. The topological polar surface area (TPSA) is 66.7 Å². The normalized spacial score (nSPS) is 16.6. The molecule has 1 saturated carbocycles. The first-order valence-electron chi connectivity index (χ1n) is 11.1. The molecule has 2 amide bonds. The highest BCUT2D eigenvalue weighted by Gasteiger charge is 2.35. The van der Waals surface area contributed by atoms with Crippen molar-refractivity contribution in [3.05, 3.63) is 40.6 Å². The van der Waals surface area contributed by atoms with Crippen molar-refractivity contribution in [2.24, 2.45) is 0 Å². The summed E-state index contributed by atoms with van der Waals surface area (Å²) in [4.78, 5) is 29.5. The molecule has 0 N–H and O–H groups in total. The van der Waals surface area contributed by atoms with Gasteiger partial charge in [0.15, 0.2) is 11.5 Å². The van der Waals surface area contributed by atoms with Crippen molar-refractivity contribution < 1.29 is 14.1 Å². The van der Waals surface area contributed by atoms with Crippen LogP contribution in [0.2, 0.25) is 0 Å². The Kier molecular flexibility index (Phi) is 5.93. The second kappa shape index (κ2) is 8.62. The standard InChI is InChI=1S/C24H31N3O3/c1-16-13-17(2)23(18(3)14-16)21-15-20(25-30-21)24(29)27(19-7-8-19)12-9-22(28)26-10-5-4-6-11-26/h13-15,19H,4-12H2,1-3H3. The summed E-state index contributed by atoms with van der Waals surface area (Å²) in [6.07, 6.45) is 5.72. The van der Waals surface area contributed by atoms with Gasteiger partial charge in [-0.1, -0.05) is 22.9 Å². The van der Waals surface area contributed by atoms with Crippen LogP contribution in [0.4, 0.5) is 0 Å². The highest BCUT2D eigenvalue weighted by atomic mass is 16.5. The Morgan fingerprint density at radius 1 is 1.07 bits per heavy atom. The van der Waals surface area contributed by atoms with Crippen LogP contribution < -0.4 is 0 Å². The van der Waals surface area contributed by atoms with Crippen molar-refractivity contribution in [2.45, 2.75) is 65.3 Å². The molecule has 1 aromatic carbocycles. The fourth-order valence-corrected chi connectivity index (χ4v) is 4.56. The molecule has 1 saturated heterocycles. The first kappa shape index (κ1) is 20.6. The quantitative estimate of drug-likeness (QED) is 0.714. The third kappa shape index (κ3) is 4.42. The van der Waals surface area contributed by atoms with Crippen LogP contribution in [0, 0.1) is 20.8 Å². The molecule has 2 aromatic rings. The number of carbonyl (C=O) groups is 2. The van der Waals surface area contributed by atoms with Gasteiger partial charge in [-0.25, -0.2) is 0 Å². The molecule has 0 bridgehead atoms. The Labute approximate surface area is 178 Å². The smallest absolute Gasteiger partial charge is 0.276 e. The van der Waals surface area contributed by atoms with Crippen molar-refractivity contribution in [3.63, 3.8) is 0 Å². The van der Waals surface area contributed by atoms with E-state index in [9.17, 15) is 9.59 Å². The molecule has 1 aliphatic heterocycles. The van der Waals surface area contributed by atoms with Gasteiger partial charge in [-0.15, -0.1) is 0 Å². The molecule has 2 heterocycles. The van der Waals surface area contributed by atoms with E-state index in [1.807, 2.05) is 23.6 Å². The Bertz CT molecular complexity index is 916. The maximum absolute atomic E-state index is 13.2. The number of hydrogen-bond acceptors (Lipinski definition) is 4. The van der Waals surface area contributed by atoms with Crippen molar-refractivity contribution in [2.75, 3.05) is 19.6 Å². The monoisotopic (exact) mass is 409 g/mol. The number of rotatable bonds is 6. The third-order valence-corrected chi connectivity index (χ3v) is 6.18. The summed E-state index contributed by atoms with van der Waals surface area (Å²) in [7, 11) is 0. The van der Waals surface area contributed by atoms with Crippen LogP contribution in [0.5, 0.6) is 0 Å². The van der Waals surface area contributed by atoms with E-state index in [1.54, 1.807) is 6.07 Å². The Morgan fingerprint density at radius 3 is 2.37 bits per heavy atom. The van der Waals surface area contributed by atoms with Gasteiger partial charge in [0.05, 0.1) is 0 Å². The highest BCUT2D eigenvalue weighted by Crippen LogP contribution is 2.31. The molecule has 160 valence electrons. The van der Waals surface area contributed by atoms with Crippen LogP contribution in [0.3, 0.4) is 0 Å². The van der Waals surface area contributed by atoms with Crippen molar-refractivity contribution in [3.8, 4) is 11.3 Å². The Hall–Kier alpha value is -2.63. The summed E-state index contributed by atoms with van der Waals surface area (Å²) < 4.78 is 5.57. The lowest BCUT2D eigenvalue weighted by Gasteiger charge is -2.28. The van der Waals surface area contributed by atoms with E-state index in [1.165, 1.54) is 12.0 Å². The largest absolute Gasteiger partial charge is 0.355 e. The molecule has 0 spiro atoms. The lowest BCUT2D eigenvalue weighted by Crippen LogP contribution is -2.40. The Morgan fingerprint density at radius 2 is 1.73 bits per heavy atom. The molecular formula is C24H31N3O3. The zero-order chi connectivity index (χ0) is 21.3. The molecular weight excluding hydrogens is 378 g/mol. The number of benzene rings is 1. The van der Waals surface area contributed by atoms with Gasteiger partial charge in [0.25, 0.3) is 5.91 Å². The van der Waals surface area contributed by atoms with Gasteiger partial charge in [0.2, 0.25) is 5.91 Å². The van der Waals surface area contributed by atoms with Gasteiger partial charge < -0.3 is 14.3 Å². The van der Waals surface area contributed by atoms with E-state index in [0.29, 0.717) is 24.4 Å². The van der Waals surface area contributed by atoms with Gasteiger partial charge in [0.1, 0.15) is 0 Å². The molecule has 30 heavy (non-hydrogen) atoms. The number of likely N-dealkylation sites (tertiary alicyclic amines) is 1. The number of amides is 2. The van der Waals surface area contributed by atoms with Crippen LogP contribution >= 0.6 is 0 Å². The lowest BCUT2D eigenvalue weighted by molar-refractivity contribution is -0.132. The molecule has 2 aliphatic rings. The molecule has 6 heteroatoms. The van der Waals surface area contributed by atoms with Crippen LogP contribution in [0.25, 0.3) is 11.3 Å². The number of carbonyl (C=O) groups excluding carboxylic acids is 2. The predicted octanol–water partition coefficient (Wildman–Crippen LogP) is 4.27. The summed E-state index contributed by atoms with van der Waals surface area (Å²) in [5.41, 5.74) is 4.72. The van der Waals surface area contributed by atoms with Crippen LogP contribution in [0.1, 0.15) is 65.7 Å². The second-order valence-corrected chi connectivity index (χ2v) is 8.77. The molecule has 0 radical (unpaired) electrons. The highest BCUT2D eigenvalue weighted by molar-refractivity contribution is 5.94. The van der Waals surface area contributed by atoms with Crippen molar-refractivity contribution in [1.82, 2.24) is 15.0 Å². The maximum Gasteiger partial charge on any atom is 0.276 e. The van der Waals surface area contributed by atoms with E-state index in [0.717, 1.165) is 55.5 Å². The van der Waals surface area contributed by atoms with Gasteiger partial charge in [-0.05, 0) is 64.0 Å². The molecule has 4 rings (SSSR count). The van der Waals surface area contributed by atoms with Gasteiger partial charge in [-0.2, -0.15) is 0 Å². The summed E-state index contributed by atoms with van der Waals surface area (Å²) >= 11 is 0. The summed E-state index contributed by atoms with van der Waals surface area (Å²) in [5.74, 6) is 0.634. The molecule has 1 aliphatic carbocycles. The Balaban J connectivity index is 1.46. The van der Waals surface area contributed by atoms with Crippen LogP contribution in [-0.2, 0) is 4.79 Å². The van der Waals surface area contributed by atoms with E-state index >= 15 is 0 Å². The van der Waals surface area contributed by atoms with Gasteiger partial charge >= 0.3 is 0 Å². The average molecular weight is 410 g/mol. The van der Waals surface area contributed by atoms with E-state index in [4.69, 9.17) is 4.52 Å². The molecule has 2 fully saturated rings.